The number of amides is 1. The fourth-order valence-electron chi connectivity index (χ4n) is 2.26. The largest absolute Gasteiger partial charge is 0.321 e. The monoisotopic (exact) mass is 393 g/mol. The Kier molecular flexibility index (Phi) is 4.32. The molecule has 0 radical (unpaired) electrons. The zero-order valence-electron chi connectivity index (χ0n) is 12.4. The third-order valence-corrected chi connectivity index (χ3v) is 4.86. The zero-order valence-corrected chi connectivity index (χ0v) is 14.8. The first kappa shape index (κ1) is 15.9. The molecule has 3 aromatic rings. The highest BCUT2D eigenvalue weighted by Gasteiger charge is 2.13. The van der Waals surface area contributed by atoms with Gasteiger partial charge < -0.3 is 5.32 Å². The quantitative estimate of drug-likeness (QED) is 0.700. The number of thiophene rings is 1. The summed E-state index contributed by atoms with van der Waals surface area (Å²) in [5.74, 6) is -0.708. The average molecular weight is 394 g/mol. The molecule has 0 saturated heterocycles. The van der Waals surface area contributed by atoms with Gasteiger partial charge in [0, 0.05) is 11.4 Å². The number of halogens is 2. The summed E-state index contributed by atoms with van der Waals surface area (Å²) in [6.45, 7) is 3.72. The number of nitrogens with zero attached hydrogens (tertiary/aromatic N) is 2. The Balaban J connectivity index is 1.85. The molecule has 0 fully saturated rings. The molecule has 3 rings (SSSR count). The molecule has 0 aliphatic heterocycles. The number of hydrogen-bond donors (Lipinski definition) is 1. The van der Waals surface area contributed by atoms with Gasteiger partial charge in [0.05, 0.1) is 14.4 Å². The van der Waals surface area contributed by atoms with Gasteiger partial charge in [0.2, 0.25) is 0 Å². The van der Waals surface area contributed by atoms with Crippen LogP contribution in [0.2, 0.25) is 0 Å². The van der Waals surface area contributed by atoms with Crippen LogP contribution in [0.1, 0.15) is 21.1 Å². The van der Waals surface area contributed by atoms with Gasteiger partial charge in [-0.15, -0.1) is 11.3 Å². The van der Waals surface area contributed by atoms with Gasteiger partial charge in [0.25, 0.3) is 5.91 Å². The summed E-state index contributed by atoms with van der Waals surface area (Å²) in [6.07, 6.45) is 0. The van der Waals surface area contributed by atoms with Crippen molar-refractivity contribution in [3.05, 3.63) is 62.3 Å². The van der Waals surface area contributed by atoms with E-state index in [2.05, 4.69) is 26.3 Å². The molecule has 1 amide bonds. The summed E-state index contributed by atoms with van der Waals surface area (Å²) in [7, 11) is 0. The number of anilines is 1. The van der Waals surface area contributed by atoms with E-state index in [1.165, 1.54) is 17.4 Å². The van der Waals surface area contributed by atoms with Crippen LogP contribution in [0.3, 0.4) is 0 Å². The number of benzene rings is 1. The molecule has 1 aromatic carbocycles. The number of aromatic nitrogens is 2. The van der Waals surface area contributed by atoms with E-state index >= 15 is 0 Å². The van der Waals surface area contributed by atoms with Crippen LogP contribution in [-0.2, 0) is 0 Å². The first-order valence-electron chi connectivity index (χ1n) is 6.84. The Morgan fingerprint density at radius 3 is 2.61 bits per heavy atom. The van der Waals surface area contributed by atoms with Crippen LogP contribution >= 0.6 is 27.3 Å². The van der Waals surface area contributed by atoms with Crippen molar-refractivity contribution >= 4 is 38.9 Å². The predicted octanol–water partition coefficient (Wildman–Crippen LogP) is 4.70. The van der Waals surface area contributed by atoms with Crippen molar-refractivity contribution in [2.75, 3.05) is 5.32 Å². The van der Waals surface area contributed by atoms with E-state index in [0.29, 0.717) is 16.3 Å². The summed E-state index contributed by atoms with van der Waals surface area (Å²) < 4.78 is 16.8. The lowest BCUT2D eigenvalue weighted by Gasteiger charge is -2.09. The lowest BCUT2D eigenvalue weighted by molar-refractivity contribution is 0.103. The van der Waals surface area contributed by atoms with Gasteiger partial charge in [0.1, 0.15) is 5.69 Å². The molecule has 23 heavy (non-hydrogen) atoms. The molecule has 0 unspecified atom stereocenters. The predicted molar refractivity (Wildman–Crippen MR) is 93.0 cm³/mol. The second-order valence-electron chi connectivity index (χ2n) is 5.06. The van der Waals surface area contributed by atoms with Gasteiger partial charge in [0.15, 0.2) is 5.82 Å². The molecule has 0 spiro atoms. The van der Waals surface area contributed by atoms with Crippen LogP contribution in [0.15, 0.2) is 40.2 Å². The van der Waals surface area contributed by atoms with Gasteiger partial charge >= 0.3 is 0 Å². The van der Waals surface area contributed by atoms with Crippen LogP contribution in [0.5, 0.6) is 0 Å². The van der Waals surface area contributed by atoms with E-state index < -0.39 is 5.82 Å². The van der Waals surface area contributed by atoms with Crippen molar-refractivity contribution in [2.24, 2.45) is 0 Å². The minimum Gasteiger partial charge on any atom is -0.321 e. The highest BCUT2D eigenvalue weighted by Crippen LogP contribution is 2.24. The third-order valence-electron chi connectivity index (χ3n) is 3.24. The zero-order chi connectivity index (χ0) is 16.6. The van der Waals surface area contributed by atoms with Gasteiger partial charge in [-0.1, -0.05) is 0 Å². The van der Waals surface area contributed by atoms with E-state index in [0.717, 1.165) is 15.2 Å². The van der Waals surface area contributed by atoms with E-state index in [1.54, 1.807) is 28.9 Å². The van der Waals surface area contributed by atoms with Crippen molar-refractivity contribution in [1.29, 1.82) is 0 Å². The second kappa shape index (κ2) is 6.25. The Labute approximate surface area is 145 Å². The Hall–Kier alpha value is -1.99. The van der Waals surface area contributed by atoms with Gasteiger partial charge in [-0.25, -0.2) is 9.07 Å². The summed E-state index contributed by atoms with van der Waals surface area (Å²) in [4.78, 5) is 12.6. The first-order valence-corrected chi connectivity index (χ1v) is 8.45. The van der Waals surface area contributed by atoms with E-state index in [9.17, 15) is 9.18 Å². The number of aryl methyl sites for hydroxylation is 2. The maximum atomic E-state index is 14.4. The molecule has 0 atom stereocenters. The molecule has 118 valence electrons. The summed E-state index contributed by atoms with van der Waals surface area (Å²) in [6, 6.07) is 9.96. The van der Waals surface area contributed by atoms with Crippen LogP contribution in [0.25, 0.3) is 5.69 Å². The molecule has 0 bridgehead atoms. The molecule has 0 aliphatic rings. The molecule has 4 nitrogen and oxygen atoms in total. The van der Waals surface area contributed by atoms with Crippen molar-refractivity contribution in [1.82, 2.24) is 9.78 Å². The standard InChI is InChI=1S/C16H13BrFN3OS/c1-9-7-10(2)21(20-9)13-4-3-11(8-12(13)18)19-16(22)14-5-6-15(17)23-14/h3-8H,1-2H3,(H,19,22). The molecule has 2 heterocycles. The summed E-state index contributed by atoms with van der Waals surface area (Å²) in [5.41, 5.74) is 2.43. The molecule has 2 aromatic heterocycles. The summed E-state index contributed by atoms with van der Waals surface area (Å²) in [5, 5.41) is 6.96. The van der Waals surface area contributed by atoms with Crippen molar-refractivity contribution < 1.29 is 9.18 Å². The van der Waals surface area contributed by atoms with Crippen LogP contribution in [0.4, 0.5) is 10.1 Å². The fourth-order valence-corrected chi connectivity index (χ4v) is 3.54. The molecule has 7 heteroatoms. The molecule has 1 N–H and O–H groups in total. The molecular formula is C16H13BrFN3OS. The van der Waals surface area contributed by atoms with Crippen LogP contribution in [0, 0.1) is 19.7 Å². The second-order valence-corrected chi connectivity index (χ2v) is 7.53. The highest BCUT2D eigenvalue weighted by molar-refractivity contribution is 9.11. The number of nitrogens with one attached hydrogen (secondary N) is 1. The maximum Gasteiger partial charge on any atom is 0.265 e. The van der Waals surface area contributed by atoms with E-state index in [1.807, 2.05) is 19.9 Å². The van der Waals surface area contributed by atoms with Gasteiger partial charge in [-0.2, -0.15) is 5.10 Å². The number of carbonyl (C=O) groups excluding carboxylic acids is 1. The highest BCUT2D eigenvalue weighted by atomic mass is 79.9. The van der Waals surface area contributed by atoms with E-state index in [-0.39, 0.29) is 5.91 Å². The Morgan fingerprint density at radius 1 is 1.26 bits per heavy atom. The van der Waals surface area contributed by atoms with Gasteiger partial charge in [-0.05, 0) is 66.2 Å². The molecular weight excluding hydrogens is 381 g/mol. The Bertz CT molecular complexity index is 887. The molecule has 0 aliphatic carbocycles. The van der Waals surface area contributed by atoms with Gasteiger partial charge in [-0.3, -0.25) is 4.79 Å². The van der Waals surface area contributed by atoms with Crippen molar-refractivity contribution in [3.8, 4) is 5.69 Å². The van der Waals surface area contributed by atoms with Crippen molar-refractivity contribution in [2.45, 2.75) is 13.8 Å². The topological polar surface area (TPSA) is 46.9 Å². The smallest absolute Gasteiger partial charge is 0.265 e. The molecule has 0 saturated carbocycles. The lowest BCUT2D eigenvalue weighted by Crippen LogP contribution is -2.11. The normalized spacial score (nSPS) is 10.8. The lowest BCUT2D eigenvalue weighted by atomic mass is 10.2. The minimum absolute atomic E-state index is 0.265. The van der Waals surface area contributed by atoms with Crippen molar-refractivity contribution in [3.63, 3.8) is 0 Å². The first-order chi connectivity index (χ1) is 10.9. The third kappa shape index (κ3) is 3.35. The SMILES string of the molecule is Cc1cc(C)n(-c2ccc(NC(=O)c3ccc(Br)s3)cc2F)n1. The Morgan fingerprint density at radius 2 is 2.04 bits per heavy atom. The number of hydrogen-bond acceptors (Lipinski definition) is 3. The van der Waals surface area contributed by atoms with Crippen LogP contribution < -0.4 is 5.32 Å². The summed E-state index contributed by atoms with van der Waals surface area (Å²) >= 11 is 4.63. The minimum atomic E-state index is -0.443. The van der Waals surface area contributed by atoms with Crippen LogP contribution in [-0.4, -0.2) is 15.7 Å². The number of carbonyl (C=O) groups is 1. The average Bonchev–Trinajstić information content (AvgIpc) is 3.05. The van der Waals surface area contributed by atoms with E-state index in [4.69, 9.17) is 0 Å². The fraction of sp³-hybridized carbons (Fsp3) is 0.125. The number of rotatable bonds is 3. The maximum absolute atomic E-state index is 14.4.